The van der Waals surface area contributed by atoms with Crippen molar-refractivity contribution in [1.29, 1.82) is 0 Å². The Morgan fingerprint density at radius 2 is 2.10 bits per heavy atom. The molecule has 0 radical (unpaired) electrons. The summed E-state index contributed by atoms with van der Waals surface area (Å²) >= 11 is 0. The van der Waals surface area contributed by atoms with E-state index in [2.05, 4.69) is 4.98 Å². The number of carbonyl (C=O) groups is 1. The number of aromatic nitrogens is 2. The zero-order valence-electron chi connectivity index (χ0n) is 13.0. The Kier molecular flexibility index (Phi) is 3.47. The van der Waals surface area contributed by atoms with Gasteiger partial charge in [0.05, 0.1) is 11.0 Å². The molecule has 1 N–H and O–H groups in total. The van der Waals surface area contributed by atoms with Gasteiger partial charge in [0.2, 0.25) is 5.91 Å². The lowest BCUT2D eigenvalue weighted by Gasteiger charge is -2.35. The molecule has 2 aromatic rings. The molecule has 1 aliphatic heterocycles. The first-order valence-electron chi connectivity index (χ1n) is 7.69. The molecule has 2 heterocycles. The Bertz CT molecular complexity index is 620. The van der Waals surface area contributed by atoms with Crippen LogP contribution in [0.2, 0.25) is 0 Å². The van der Waals surface area contributed by atoms with Crippen molar-refractivity contribution in [2.45, 2.75) is 39.5 Å². The predicted molar refractivity (Wildman–Crippen MR) is 84.1 cm³/mol. The van der Waals surface area contributed by atoms with Gasteiger partial charge in [-0.2, -0.15) is 0 Å². The van der Waals surface area contributed by atoms with E-state index < -0.39 is 0 Å². The van der Waals surface area contributed by atoms with E-state index in [1.54, 1.807) is 0 Å². The van der Waals surface area contributed by atoms with Crippen molar-refractivity contribution in [2.75, 3.05) is 13.1 Å². The minimum Gasteiger partial charge on any atom is -0.342 e. The van der Waals surface area contributed by atoms with E-state index in [1.807, 2.05) is 49.9 Å². The second-order valence-corrected chi connectivity index (χ2v) is 6.98. The van der Waals surface area contributed by atoms with Crippen LogP contribution in [0.15, 0.2) is 24.3 Å². The van der Waals surface area contributed by atoms with Crippen molar-refractivity contribution in [3.63, 3.8) is 0 Å². The number of nitrogens with one attached hydrogen (secondary N) is 1. The molecule has 0 bridgehead atoms. The fourth-order valence-electron chi connectivity index (χ4n) is 3.03. The number of amides is 1. The maximum Gasteiger partial charge on any atom is 0.227 e. The fraction of sp³-hybridized carbons (Fsp3) is 0.529. The Morgan fingerprint density at radius 3 is 2.81 bits per heavy atom. The summed E-state index contributed by atoms with van der Waals surface area (Å²) in [6.07, 6.45) is 2.14. The molecule has 1 saturated heterocycles. The van der Waals surface area contributed by atoms with Crippen LogP contribution in [-0.2, 0) is 4.79 Å². The number of hydrogen-bond donors (Lipinski definition) is 1. The molecule has 1 amide bonds. The van der Waals surface area contributed by atoms with Crippen LogP contribution in [-0.4, -0.2) is 33.9 Å². The summed E-state index contributed by atoms with van der Waals surface area (Å²) in [5.74, 6) is 1.57. The highest BCUT2D eigenvalue weighted by Gasteiger charge is 2.32. The molecule has 1 aromatic carbocycles. The first-order chi connectivity index (χ1) is 9.95. The summed E-state index contributed by atoms with van der Waals surface area (Å²) in [6.45, 7) is 7.60. The van der Waals surface area contributed by atoms with Gasteiger partial charge in [-0.05, 0) is 25.0 Å². The first-order valence-corrected chi connectivity index (χ1v) is 7.69. The molecular weight excluding hydrogens is 262 g/mol. The lowest BCUT2D eigenvalue weighted by molar-refractivity contribution is -0.140. The van der Waals surface area contributed by atoms with Gasteiger partial charge in [-0.15, -0.1) is 0 Å². The Balaban J connectivity index is 1.81. The van der Waals surface area contributed by atoms with E-state index in [4.69, 9.17) is 4.98 Å². The maximum absolute atomic E-state index is 12.5. The standard InChI is InChI=1S/C17H23N3O/c1-17(2,3)16(21)20-10-6-7-12(11-20)15-18-13-8-4-5-9-14(13)19-15/h4-5,8-9,12H,6-7,10-11H2,1-3H3,(H,18,19). The van der Waals surface area contributed by atoms with E-state index in [-0.39, 0.29) is 11.3 Å². The molecule has 4 nitrogen and oxygen atoms in total. The van der Waals surface area contributed by atoms with Gasteiger partial charge in [0.1, 0.15) is 5.82 Å². The minimum absolute atomic E-state index is 0.239. The Hall–Kier alpha value is -1.84. The van der Waals surface area contributed by atoms with E-state index in [0.29, 0.717) is 5.92 Å². The SMILES string of the molecule is CC(C)(C)C(=O)N1CCCC(c2nc3ccccc3[nH]2)C1. The predicted octanol–water partition coefficient (Wildman–Crippen LogP) is 3.32. The lowest BCUT2D eigenvalue weighted by atomic mass is 9.91. The number of imidazole rings is 1. The molecule has 4 heteroatoms. The zero-order chi connectivity index (χ0) is 15.0. The Morgan fingerprint density at radius 1 is 1.33 bits per heavy atom. The molecule has 1 fully saturated rings. The van der Waals surface area contributed by atoms with Crippen molar-refractivity contribution in [3.05, 3.63) is 30.1 Å². The van der Waals surface area contributed by atoms with Crippen molar-refractivity contribution in [2.24, 2.45) is 5.41 Å². The highest BCUT2D eigenvalue weighted by molar-refractivity contribution is 5.81. The fourth-order valence-corrected chi connectivity index (χ4v) is 3.03. The van der Waals surface area contributed by atoms with Gasteiger partial charge in [-0.1, -0.05) is 32.9 Å². The van der Waals surface area contributed by atoms with Gasteiger partial charge in [0, 0.05) is 24.4 Å². The number of likely N-dealkylation sites (tertiary alicyclic amines) is 1. The summed E-state index contributed by atoms with van der Waals surface area (Å²) < 4.78 is 0. The molecule has 1 aliphatic rings. The molecule has 0 aliphatic carbocycles. The largest absolute Gasteiger partial charge is 0.342 e. The highest BCUT2D eigenvalue weighted by Crippen LogP contribution is 2.29. The van der Waals surface area contributed by atoms with Gasteiger partial charge in [0.15, 0.2) is 0 Å². The quantitative estimate of drug-likeness (QED) is 0.874. The molecule has 1 unspecified atom stereocenters. The Labute approximate surface area is 125 Å². The van der Waals surface area contributed by atoms with Crippen LogP contribution in [0.3, 0.4) is 0 Å². The number of fused-ring (bicyclic) bond motifs is 1. The van der Waals surface area contributed by atoms with Crippen LogP contribution in [0, 0.1) is 5.41 Å². The average Bonchev–Trinajstić information content (AvgIpc) is 2.89. The second kappa shape index (κ2) is 5.17. The van der Waals surface area contributed by atoms with E-state index >= 15 is 0 Å². The molecule has 112 valence electrons. The average molecular weight is 285 g/mol. The van der Waals surface area contributed by atoms with E-state index in [1.165, 1.54) is 0 Å². The zero-order valence-corrected chi connectivity index (χ0v) is 13.0. The van der Waals surface area contributed by atoms with Crippen LogP contribution in [0.1, 0.15) is 45.4 Å². The molecule has 1 aromatic heterocycles. The summed E-state index contributed by atoms with van der Waals surface area (Å²) in [7, 11) is 0. The number of nitrogens with zero attached hydrogens (tertiary/aromatic N) is 2. The lowest BCUT2D eigenvalue weighted by Crippen LogP contribution is -2.44. The third-order valence-corrected chi connectivity index (χ3v) is 4.14. The van der Waals surface area contributed by atoms with Crippen molar-refractivity contribution < 1.29 is 4.79 Å². The number of aromatic amines is 1. The van der Waals surface area contributed by atoms with Crippen LogP contribution in [0.4, 0.5) is 0 Å². The van der Waals surface area contributed by atoms with E-state index in [9.17, 15) is 4.79 Å². The summed E-state index contributed by atoms with van der Waals surface area (Å²) in [5, 5.41) is 0. The van der Waals surface area contributed by atoms with Crippen LogP contribution < -0.4 is 0 Å². The van der Waals surface area contributed by atoms with Crippen LogP contribution >= 0.6 is 0 Å². The monoisotopic (exact) mass is 285 g/mol. The molecule has 1 atom stereocenters. The minimum atomic E-state index is -0.310. The summed E-state index contributed by atoms with van der Waals surface area (Å²) in [5.41, 5.74) is 1.77. The molecule has 0 spiro atoms. The second-order valence-electron chi connectivity index (χ2n) is 6.98. The van der Waals surface area contributed by atoms with Crippen LogP contribution in [0.5, 0.6) is 0 Å². The smallest absolute Gasteiger partial charge is 0.227 e. The molecule has 21 heavy (non-hydrogen) atoms. The number of piperidine rings is 1. The number of para-hydroxylation sites is 2. The summed E-state index contributed by atoms with van der Waals surface area (Å²) in [6, 6.07) is 8.09. The number of hydrogen-bond acceptors (Lipinski definition) is 2. The topological polar surface area (TPSA) is 49.0 Å². The van der Waals surface area contributed by atoms with Gasteiger partial charge < -0.3 is 9.88 Å². The number of rotatable bonds is 1. The summed E-state index contributed by atoms with van der Waals surface area (Å²) in [4.78, 5) is 22.6. The maximum atomic E-state index is 12.5. The third kappa shape index (κ3) is 2.80. The van der Waals surface area contributed by atoms with Crippen molar-refractivity contribution in [1.82, 2.24) is 14.9 Å². The molecule has 0 saturated carbocycles. The number of carbonyl (C=O) groups excluding carboxylic acids is 1. The number of benzene rings is 1. The van der Waals surface area contributed by atoms with Gasteiger partial charge in [-0.25, -0.2) is 4.98 Å². The molecular formula is C17H23N3O. The van der Waals surface area contributed by atoms with Crippen molar-refractivity contribution >= 4 is 16.9 Å². The highest BCUT2D eigenvalue weighted by atomic mass is 16.2. The number of H-pyrrole nitrogens is 1. The van der Waals surface area contributed by atoms with E-state index in [0.717, 1.165) is 42.8 Å². The third-order valence-electron chi connectivity index (χ3n) is 4.14. The van der Waals surface area contributed by atoms with Gasteiger partial charge in [-0.3, -0.25) is 4.79 Å². The first kappa shape index (κ1) is 14.1. The van der Waals surface area contributed by atoms with Crippen molar-refractivity contribution in [3.8, 4) is 0 Å². The normalized spacial score (nSPS) is 20.0. The van der Waals surface area contributed by atoms with Crippen LogP contribution in [0.25, 0.3) is 11.0 Å². The molecule has 3 rings (SSSR count). The van der Waals surface area contributed by atoms with Gasteiger partial charge in [0.25, 0.3) is 0 Å². The van der Waals surface area contributed by atoms with Gasteiger partial charge >= 0.3 is 0 Å².